The molecule has 1 heterocycles. The maximum Gasteiger partial charge on any atom is 0.431 e. The van der Waals surface area contributed by atoms with Gasteiger partial charge in [-0.2, -0.15) is 13.2 Å². The highest BCUT2D eigenvalue weighted by Gasteiger charge is 2.32. The molecule has 25 heavy (non-hydrogen) atoms. The molecule has 0 saturated carbocycles. The van der Waals surface area contributed by atoms with Gasteiger partial charge >= 0.3 is 6.18 Å². The van der Waals surface area contributed by atoms with E-state index in [9.17, 15) is 13.2 Å². The molecule has 0 aliphatic rings. The minimum absolute atomic E-state index is 0.330. The summed E-state index contributed by atoms with van der Waals surface area (Å²) >= 11 is 11.2. The van der Waals surface area contributed by atoms with Gasteiger partial charge in [-0.25, -0.2) is 0 Å². The fourth-order valence-electron chi connectivity index (χ4n) is 2.42. The van der Waals surface area contributed by atoms with E-state index in [1.807, 2.05) is 6.92 Å². The predicted molar refractivity (Wildman–Crippen MR) is 99.3 cm³/mol. The smallest absolute Gasteiger partial charge is 0.351 e. The number of benzene rings is 2. The summed E-state index contributed by atoms with van der Waals surface area (Å²) in [5.74, 6) is 0. The lowest BCUT2D eigenvalue weighted by Gasteiger charge is -2.12. The molecule has 0 aliphatic heterocycles. The van der Waals surface area contributed by atoms with E-state index in [2.05, 4.69) is 15.6 Å². The Kier molecular flexibility index (Phi) is 4.62. The minimum Gasteiger partial charge on any atom is -0.351 e. The van der Waals surface area contributed by atoms with Crippen LogP contribution in [0.15, 0.2) is 42.5 Å². The van der Waals surface area contributed by atoms with E-state index < -0.39 is 11.9 Å². The Morgan fingerprint density at radius 1 is 1.08 bits per heavy atom. The molecule has 0 aliphatic carbocycles. The van der Waals surface area contributed by atoms with Crippen molar-refractivity contribution >= 4 is 51.2 Å². The van der Waals surface area contributed by atoms with Gasteiger partial charge in [-0.05, 0) is 67.2 Å². The van der Waals surface area contributed by atoms with Crippen molar-refractivity contribution in [3.8, 4) is 0 Å². The van der Waals surface area contributed by atoms with E-state index in [-0.39, 0.29) is 0 Å². The molecule has 0 unspecified atom stereocenters. The van der Waals surface area contributed by atoms with E-state index in [0.29, 0.717) is 26.7 Å². The summed E-state index contributed by atoms with van der Waals surface area (Å²) in [6.07, 6.45) is -4.41. The molecule has 3 rings (SSSR count). The first kappa shape index (κ1) is 17.6. The molecule has 2 aromatic carbocycles. The van der Waals surface area contributed by atoms with Gasteiger partial charge in [0.1, 0.15) is 5.69 Å². The van der Waals surface area contributed by atoms with Crippen LogP contribution in [0, 0.1) is 6.92 Å². The van der Waals surface area contributed by atoms with Crippen LogP contribution in [-0.4, -0.2) is 10.1 Å². The summed E-state index contributed by atoms with van der Waals surface area (Å²) in [6, 6.07) is 11.2. The highest BCUT2D eigenvalue weighted by Crippen LogP contribution is 2.32. The number of nitrogens with one attached hydrogen (secondary N) is 3. The van der Waals surface area contributed by atoms with Gasteiger partial charge in [0.2, 0.25) is 0 Å². The molecular formula is C17H13ClF3N3S. The number of alkyl halides is 3. The number of thiocarbonyl (C=S) groups is 1. The van der Waals surface area contributed by atoms with Crippen LogP contribution in [0.1, 0.15) is 11.3 Å². The van der Waals surface area contributed by atoms with E-state index in [4.69, 9.17) is 23.8 Å². The van der Waals surface area contributed by atoms with Crippen molar-refractivity contribution in [1.82, 2.24) is 4.98 Å². The molecule has 0 atom stereocenters. The van der Waals surface area contributed by atoms with Crippen LogP contribution in [0.4, 0.5) is 24.5 Å². The molecule has 3 N–H and O–H groups in total. The fraction of sp³-hybridized carbons (Fsp3) is 0.118. The molecule has 0 bridgehead atoms. The van der Waals surface area contributed by atoms with Gasteiger partial charge in [0.15, 0.2) is 5.11 Å². The Morgan fingerprint density at radius 3 is 2.52 bits per heavy atom. The number of aryl methyl sites for hydroxylation is 1. The first-order chi connectivity index (χ1) is 11.7. The second-order valence-electron chi connectivity index (χ2n) is 5.52. The van der Waals surface area contributed by atoms with Crippen molar-refractivity contribution < 1.29 is 13.2 Å². The number of hydrogen-bond acceptors (Lipinski definition) is 1. The van der Waals surface area contributed by atoms with Crippen LogP contribution in [0.5, 0.6) is 0 Å². The molecule has 0 spiro atoms. The summed E-state index contributed by atoms with van der Waals surface area (Å²) in [5, 5.41) is 7.40. The van der Waals surface area contributed by atoms with Crippen molar-refractivity contribution in [3.63, 3.8) is 0 Å². The van der Waals surface area contributed by atoms with Gasteiger partial charge in [0.25, 0.3) is 0 Å². The van der Waals surface area contributed by atoms with Gasteiger partial charge in [-0.3, -0.25) is 0 Å². The molecule has 130 valence electrons. The number of hydrogen-bond donors (Lipinski definition) is 3. The zero-order valence-corrected chi connectivity index (χ0v) is 14.5. The number of aromatic amines is 1. The number of fused-ring (bicyclic) bond motifs is 1. The lowest BCUT2D eigenvalue weighted by atomic mass is 10.2. The molecule has 3 aromatic rings. The predicted octanol–water partition coefficient (Wildman–Crippen LogP) is 5.96. The molecule has 0 fully saturated rings. The quantitative estimate of drug-likeness (QED) is 0.478. The summed E-state index contributed by atoms with van der Waals surface area (Å²) in [7, 11) is 0. The van der Waals surface area contributed by atoms with Gasteiger partial charge < -0.3 is 15.6 Å². The lowest BCUT2D eigenvalue weighted by molar-refractivity contribution is -0.140. The van der Waals surface area contributed by atoms with Crippen molar-refractivity contribution in [1.29, 1.82) is 0 Å². The third kappa shape index (κ3) is 4.05. The molecule has 0 amide bonds. The van der Waals surface area contributed by atoms with E-state index in [0.717, 1.165) is 17.3 Å². The van der Waals surface area contributed by atoms with Gasteiger partial charge in [-0.15, -0.1) is 0 Å². The third-order valence-corrected chi connectivity index (χ3v) is 4.06. The number of H-pyrrole nitrogens is 1. The van der Waals surface area contributed by atoms with Gasteiger partial charge in [-0.1, -0.05) is 11.6 Å². The van der Waals surface area contributed by atoms with Crippen LogP contribution in [0.3, 0.4) is 0 Å². The van der Waals surface area contributed by atoms with Crippen molar-refractivity contribution in [3.05, 3.63) is 58.7 Å². The lowest BCUT2D eigenvalue weighted by Crippen LogP contribution is -2.19. The Balaban J connectivity index is 1.76. The number of aromatic nitrogens is 1. The van der Waals surface area contributed by atoms with E-state index in [1.165, 1.54) is 0 Å². The standard InChI is InChI=1S/C17H13ClF3N3S/c1-9-6-11(18)2-4-13(9)24-16(25)22-12-3-5-14-10(7-12)8-15(23-14)17(19,20)21/h2-8,23H,1H3,(H2,22,24,25). The normalized spacial score (nSPS) is 11.6. The maximum absolute atomic E-state index is 12.8. The Labute approximate surface area is 152 Å². The number of anilines is 2. The van der Waals surface area contributed by atoms with Crippen molar-refractivity contribution in [2.45, 2.75) is 13.1 Å². The highest BCUT2D eigenvalue weighted by atomic mass is 35.5. The third-order valence-electron chi connectivity index (χ3n) is 3.62. The van der Waals surface area contributed by atoms with Crippen LogP contribution < -0.4 is 10.6 Å². The Hall–Kier alpha value is -2.25. The first-order valence-corrected chi connectivity index (χ1v) is 8.05. The second kappa shape index (κ2) is 6.57. The van der Waals surface area contributed by atoms with Gasteiger partial charge in [0, 0.05) is 27.3 Å². The minimum atomic E-state index is -4.41. The fourth-order valence-corrected chi connectivity index (χ4v) is 2.87. The summed E-state index contributed by atoms with van der Waals surface area (Å²) in [5.41, 5.74) is 1.93. The van der Waals surface area contributed by atoms with Crippen molar-refractivity contribution in [2.24, 2.45) is 0 Å². The summed E-state index contributed by atoms with van der Waals surface area (Å²) in [6.45, 7) is 1.89. The molecule has 1 aromatic heterocycles. The van der Waals surface area contributed by atoms with Crippen molar-refractivity contribution in [2.75, 3.05) is 10.6 Å². The topological polar surface area (TPSA) is 39.8 Å². The number of halogens is 4. The van der Waals surface area contributed by atoms with Gasteiger partial charge in [0.05, 0.1) is 0 Å². The van der Waals surface area contributed by atoms with Crippen LogP contribution in [-0.2, 0) is 6.18 Å². The number of rotatable bonds is 2. The Morgan fingerprint density at radius 2 is 1.84 bits per heavy atom. The largest absolute Gasteiger partial charge is 0.431 e. The van der Waals surface area contributed by atoms with E-state index >= 15 is 0 Å². The zero-order valence-electron chi connectivity index (χ0n) is 13.0. The molecule has 3 nitrogen and oxygen atoms in total. The highest BCUT2D eigenvalue weighted by molar-refractivity contribution is 7.80. The maximum atomic E-state index is 12.8. The van der Waals surface area contributed by atoms with Crippen LogP contribution >= 0.6 is 23.8 Å². The van der Waals surface area contributed by atoms with E-state index in [1.54, 1.807) is 36.4 Å². The molecular weight excluding hydrogens is 371 g/mol. The molecule has 8 heteroatoms. The summed E-state index contributed by atoms with van der Waals surface area (Å²) < 4.78 is 38.3. The summed E-state index contributed by atoms with van der Waals surface area (Å²) in [4.78, 5) is 2.35. The molecule has 0 saturated heterocycles. The average molecular weight is 384 g/mol. The first-order valence-electron chi connectivity index (χ1n) is 7.26. The average Bonchev–Trinajstić information content (AvgIpc) is 2.93. The Bertz CT molecular complexity index is 950. The van der Waals surface area contributed by atoms with Crippen LogP contribution in [0.2, 0.25) is 5.02 Å². The zero-order chi connectivity index (χ0) is 18.2. The monoisotopic (exact) mass is 383 g/mol. The SMILES string of the molecule is Cc1cc(Cl)ccc1NC(=S)Nc1ccc2[nH]c(C(F)(F)F)cc2c1. The van der Waals surface area contributed by atoms with Crippen LogP contribution in [0.25, 0.3) is 10.9 Å². The molecule has 0 radical (unpaired) electrons. The second-order valence-corrected chi connectivity index (χ2v) is 6.37.